The van der Waals surface area contributed by atoms with Crippen molar-refractivity contribution in [3.8, 4) is 17.2 Å². The Morgan fingerprint density at radius 3 is 2.55 bits per heavy atom. The molecule has 7 nitrogen and oxygen atoms in total. The molecule has 168 valence electrons. The number of hydrogen-bond acceptors (Lipinski definition) is 5. The molecule has 0 amide bonds. The predicted octanol–water partition coefficient (Wildman–Crippen LogP) is 4.61. The number of rotatable bonds is 5. The lowest BCUT2D eigenvalue weighted by molar-refractivity contribution is 0.0543. The molecule has 0 aliphatic carbocycles. The summed E-state index contributed by atoms with van der Waals surface area (Å²) in [6.45, 7) is 5.18. The number of benzene rings is 2. The fourth-order valence-corrected chi connectivity index (χ4v) is 5.14. The summed E-state index contributed by atoms with van der Waals surface area (Å²) in [6.07, 6.45) is 1.75. The van der Waals surface area contributed by atoms with Crippen LogP contribution in [0.5, 0.6) is 0 Å². The molecule has 2 aromatic carbocycles. The fourth-order valence-electron chi connectivity index (χ4n) is 5.14. The van der Waals surface area contributed by atoms with Crippen molar-refractivity contribution in [1.82, 2.24) is 14.3 Å². The molecule has 0 unspecified atom stereocenters. The van der Waals surface area contributed by atoms with Gasteiger partial charge in [-0.1, -0.05) is 41.6 Å². The number of nitrogens with zero attached hydrogens (tertiary/aromatic N) is 4. The normalized spacial score (nSPS) is 15.5. The summed E-state index contributed by atoms with van der Waals surface area (Å²) >= 11 is 0. The maximum atomic E-state index is 13.8. The minimum Gasteiger partial charge on any atom is -0.381 e. The van der Waals surface area contributed by atoms with Crippen LogP contribution in [-0.4, -0.2) is 27.5 Å². The van der Waals surface area contributed by atoms with Gasteiger partial charge in [-0.15, -0.1) is 0 Å². The molecular weight excluding hydrogens is 416 g/mol. The number of aryl methyl sites for hydroxylation is 2. The highest BCUT2D eigenvalue weighted by atomic mass is 16.5. The second-order valence-electron chi connectivity index (χ2n) is 8.60. The Labute approximate surface area is 191 Å². The Kier molecular flexibility index (Phi) is 5.61. The van der Waals surface area contributed by atoms with Gasteiger partial charge in [-0.3, -0.25) is 9.13 Å². The molecule has 2 aromatic heterocycles. The lowest BCUT2D eigenvalue weighted by Gasteiger charge is -2.31. The number of nitriles is 1. The fraction of sp³-hybridized carbons (Fsp3) is 0.346. The summed E-state index contributed by atoms with van der Waals surface area (Å²) in [6, 6.07) is 18.1. The van der Waals surface area contributed by atoms with Crippen LogP contribution in [0.2, 0.25) is 0 Å². The SMILES string of the molecule is Cc1noc(C)c1-c1ccc2c(c1)n([C@H](c1ccccc1)C1CCOCC1)c(=O)n2CC#N. The molecule has 1 aliphatic heterocycles. The Hall–Kier alpha value is -3.63. The molecule has 1 saturated heterocycles. The van der Waals surface area contributed by atoms with Gasteiger partial charge in [-0.05, 0) is 55.9 Å². The van der Waals surface area contributed by atoms with Crippen LogP contribution in [-0.2, 0) is 11.3 Å². The highest BCUT2D eigenvalue weighted by Crippen LogP contribution is 2.36. The monoisotopic (exact) mass is 442 g/mol. The molecule has 1 fully saturated rings. The van der Waals surface area contributed by atoms with Crippen molar-refractivity contribution in [2.45, 2.75) is 39.3 Å². The van der Waals surface area contributed by atoms with E-state index in [4.69, 9.17) is 9.26 Å². The molecule has 7 heteroatoms. The summed E-state index contributed by atoms with van der Waals surface area (Å²) < 4.78 is 14.5. The summed E-state index contributed by atoms with van der Waals surface area (Å²) in [4.78, 5) is 13.8. The zero-order valence-electron chi connectivity index (χ0n) is 18.8. The molecular formula is C26H26N4O3. The lowest BCUT2D eigenvalue weighted by Crippen LogP contribution is -2.34. The standard InChI is InChI=1S/C26H26N4O3/c1-17-24(18(2)33-28-17)21-8-9-22-23(16-21)30(26(31)29(22)13-12-27)25(19-6-4-3-5-7-19)20-10-14-32-15-11-20/h3-9,16,20,25H,10-11,13-15H2,1-2H3/t25-/m1/s1. The predicted molar refractivity (Wildman–Crippen MR) is 125 cm³/mol. The van der Waals surface area contributed by atoms with Gasteiger partial charge in [-0.2, -0.15) is 5.26 Å². The van der Waals surface area contributed by atoms with E-state index >= 15 is 0 Å². The minimum absolute atomic E-state index is 0.00227. The van der Waals surface area contributed by atoms with Crippen molar-refractivity contribution < 1.29 is 9.26 Å². The second kappa shape index (κ2) is 8.72. The van der Waals surface area contributed by atoms with E-state index in [9.17, 15) is 10.1 Å². The highest BCUT2D eigenvalue weighted by molar-refractivity contribution is 5.84. The second-order valence-corrected chi connectivity index (χ2v) is 8.60. The Morgan fingerprint density at radius 2 is 1.88 bits per heavy atom. The van der Waals surface area contributed by atoms with E-state index in [2.05, 4.69) is 23.4 Å². The average Bonchev–Trinajstić information content (AvgIpc) is 3.31. The van der Waals surface area contributed by atoms with Crippen LogP contribution in [0.1, 0.15) is 35.9 Å². The van der Waals surface area contributed by atoms with Crippen molar-refractivity contribution in [3.05, 3.63) is 76.0 Å². The molecule has 0 radical (unpaired) electrons. The molecule has 1 aliphatic rings. The van der Waals surface area contributed by atoms with E-state index in [0.717, 1.165) is 52.0 Å². The summed E-state index contributed by atoms with van der Waals surface area (Å²) in [5.74, 6) is 0.990. The number of ether oxygens (including phenoxy) is 1. The Balaban J connectivity index is 1.79. The van der Waals surface area contributed by atoms with E-state index in [1.807, 2.05) is 54.8 Å². The third kappa shape index (κ3) is 3.66. The zero-order valence-corrected chi connectivity index (χ0v) is 18.8. The van der Waals surface area contributed by atoms with Gasteiger partial charge in [0.25, 0.3) is 0 Å². The van der Waals surface area contributed by atoms with Gasteiger partial charge in [0.2, 0.25) is 0 Å². The number of aromatic nitrogens is 3. The molecule has 3 heterocycles. The van der Waals surface area contributed by atoms with Crippen molar-refractivity contribution in [1.29, 1.82) is 5.26 Å². The molecule has 0 N–H and O–H groups in total. The summed E-state index contributed by atoms with van der Waals surface area (Å²) in [5.41, 5.74) is 5.18. The van der Waals surface area contributed by atoms with Crippen molar-refractivity contribution in [3.63, 3.8) is 0 Å². The van der Waals surface area contributed by atoms with E-state index in [-0.39, 0.29) is 24.2 Å². The van der Waals surface area contributed by atoms with Crippen LogP contribution < -0.4 is 5.69 Å². The first-order valence-electron chi connectivity index (χ1n) is 11.3. The van der Waals surface area contributed by atoms with Crippen LogP contribution >= 0.6 is 0 Å². The maximum absolute atomic E-state index is 13.8. The maximum Gasteiger partial charge on any atom is 0.330 e. The van der Waals surface area contributed by atoms with Gasteiger partial charge in [0.1, 0.15) is 12.3 Å². The zero-order chi connectivity index (χ0) is 22.9. The highest BCUT2D eigenvalue weighted by Gasteiger charge is 2.31. The number of fused-ring (bicyclic) bond motifs is 1. The largest absolute Gasteiger partial charge is 0.381 e. The molecule has 1 atom stereocenters. The lowest BCUT2D eigenvalue weighted by atomic mass is 9.86. The van der Waals surface area contributed by atoms with E-state index in [1.54, 1.807) is 4.57 Å². The van der Waals surface area contributed by atoms with Crippen molar-refractivity contribution in [2.75, 3.05) is 13.2 Å². The van der Waals surface area contributed by atoms with Gasteiger partial charge in [-0.25, -0.2) is 4.79 Å². The molecule has 0 spiro atoms. The van der Waals surface area contributed by atoms with Crippen LogP contribution in [0, 0.1) is 31.1 Å². The van der Waals surface area contributed by atoms with Crippen LogP contribution in [0.15, 0.2) is 57.8 Å². The third-order valence-electron chi connectivity index (χ3n) is 6.65. The average molecular weight is 443 g/mol. The molecule has 5 rings (SSSR count). The van der Waals surface area contributed by atoms with Gasteiger partial charge in [0.15, 0.2) is 0 Å². The van der Waals surface area contributed by atoms with E-state index in [1.165, 1.54) is 0 Å². The molecule has 4 aromatic rings. The van der Waals surface area contributed by atoms with Gasteiger partial charge < -0.3 is 9.26 Å². The summed E-state index contributed by atoms with van der Waals surface area (Å²) in [7, 11) is 0. The first-order valence-corrected chi connectivity index (χ1v) is 11.3. The third-order valence-corrected chi connectivity index (χ3v) is 6.65. The van der Waals surface area contributed by atoms with Gasteiger partial charge in [0.05, 0.1) is 28.8 Å². The topological polar surface area (TPSA) is 86.0 Å². The first-order chi connectivity index (χ1) is 16.1. The summed E-state index contributed by atoms with van der Waals surface area (Å²) in [5, 5.41) is 13.5. The smallest absolute Gasteiger partial charge is 0.330 e. The van der Waals surface area contributed by atoms with Crippen LogP contribution in [0.25, 0.3) is 22.2 Å². The molecule has 0 bridgehead atoms. The van der Waals surface area contributed by atoms with E-state index < -0.39 is 0 Å². The van der Waals surface area contributed by atoms with Gasteiger partial charge >= 0.3 is 5.69 Å². The van der Waals surface area contributed by atoms with Crippen molar-refractivity contribution in [2.24, 2.45) is 5.92 Å². The number of hydrogen-bond donors (Lipinski definition) is 0. The Morgan fingerprint density at radius 1 is 1.12 bits per heavy atom. The quantitative estimate of drug-likeness (QED) is 0.450. The molecule has 0 saturated carbocycles. The van der Waals surface area contributed by atoms with Crippen molar-refractivity contribution >= 4 is 11.0 Å². The van der Waals surface area contributed by atoms with Crippen LogP contribution in [0.3, 0.4) is 0 Å². The van der Waals surface area contributed by atoms with Gasteiger partial charge in [0, 0.05) is 18.8 Å². The molecule has 33 heavy (non-hydrogen) atoms. The van der Waals surface area contributed by atoms with Crippen LogP contribution in [0.4, 0.5) is 0 Å². The minimum atomic E-state index is -0.164. The first kappa shape index (κ1) is 21.2. The van der Waals surface area contributed by atoms with E-state index in [0.29, 0.717) is 13.2 Å². The Bertz CT molecular complexity index is 1370. The number of imidazole rings is 1.